The molecule has 2 unspecified atom stereocenters. The highest BCUT2D eigenvalue weighted by atomic mass is 32.1. The highest BCUT2D eigenvalue weighted by Gasteiger charge is 2.41. The molecule has 3 heterocycles. The minimum Gasteiger partial charge on any atom is -0.317 e. The van der Waals surface area contributed by atoms with Crippen LogP contribution in [0.2, 0.25) is 0 Å². The topological polar surface area (TPSA) is 16.1 Å². The third-order valence-electron chi connectivity index (χ3n) is 8.12. The van der Waals surface area contributed by atoms with Gasteiger partial charge in [-0.25, -0.2) is 4.98 Å². The number of anilines is 2. The van der Waals surface area contributed by atoms with Crippen molar-refractivity contribution in [2.24, 2.45) is 0 Å². The lowest BCUT2D eigenvalue weighted by molar-refractivity contribution is 0.571. The van der Waals surface area contributed by atoms with E-state index in [-0.39, 0.29) is 6.04 Å². The molecule has 2 nitrogen and oxygen atoms in total. The predicted molar refractivity (Wildman–Crippen MR) is 161 cm³/mol. The first-order valence-corrected chi connectivity index (χ1v) is 14.2. The van der Waals surface area contributed by atoms with E-state index in [4.69, 9.17) is 4.98 Å². The van der Waals surface area contributed by atoms with Crippen molar-refractivity contribution >= 4 is 43.0 Å². The molecule has 6 aromatic rings. The van der Waals surface area contributed by atoms with E-state index in [2.05, 4.69) is 126 Å². The molecule has 0 fully saturated rings. The van der Waals surface area contributed by atoms with E-state index in [0.717, 1.165) is 23.5 Å². The van der Waals surface area contributed by atoms with Gasteiger partial charge in [0.1, 0.15) is 5.82 Å². The van der Waals surface area contributed by atoms with Crippen LogP contribution in [0.5, 0.6) is 0 Å². The van der Waals surface area contributed by atoms with E-state index in [9.17, 15) is 0 Å². The molecule has 1 aliphatic heterocycles. The van der Waals surface area contributed by atoms with Crippen LogP contribution >= 0.6 is 11.3 Å². The summed E-state index contributed by atoms with van der Waals surface area (Å²) >= 11 is 1.92. The second-order valence-electron chi connectivity index (χ2n) is 10.3. The van der Waals surface area contributed by atoms with Crippen LogP contribution in [0.15, 0.2) is 121 Å². The lowest BCUT2D eigenvalue weighted by atomic mass is 9.86. The highest BCUT2D eigenvalue weighted by Crippen LogP contribution is 2.54. The van der Waals surface area contributed by atoms with Crippen LogP contribution in [-0.2, 0) is 0 Å². The number of hydrogen-bond acceptors (Lipinski definition) is 3. The van der Waals surface area contributed by atoms with E-state index in [1.807, 2.05) is 11.3 Å². The standard InChI is InChI=1S/C35H26N2S/c1-3-11-23(12-4-1)25-21-30(24-13-5-2-6-14-24)36-33(22-25)37-31-17-9-7-15-26(31)28-19-20-29-27-16-8-10-18-32(27)38-35(29)34(28)37/h1-6,8-14,16-22,26,31H,7,15H2. The van der Waals surface area contributed by atoms with Gasteiger partial charge in [-0.2, -0.15) is 0 Å². The first kappa shape index (κ1) is 21.8. The van der Waals surface area contributed by atoms with Gasteiger partial charge in [0.2, 0.25) is 0 Å². The molecule has 0 radical (unpaired) electrons. The van der Waals surface area contributed by atoms with Gasteiger partial charge in [-0.05, 0) is 47.7 Å². The third kappa shape index (κ3) is 3.35. The summed E-state index contributed by atoms with van der Waals surface area (Å²) in [7, 11) is 0. The van der Waals surface area contributed by atoms with Crippen LogP contribution in [0.25, 0.3) is 42.6 Å². The maximum absolute atomic E-state index is 5.36. The van der Waals surface area contributed by atoms with E-state index >= 15 is 0 Å². The fraction of sp³-hybridized carbons (Fsp3) is 0.114. The van der Waals surface area contributed by atoms with Gasteiger partial charge in [-0.1, -0.05) is 103 Å². The van der Waals surface area contributed by atoms with Crippen molar-refractivity contribution in [3.8, 4) is 22.4 Å². The zero-order valence-corrected chi connectivity index (χ0v) is 21.7. The highest BCUT2D eigenvalue weighted by molar-refractivity contribution is 7.26. The Balaban J connectivity index is 1.41. The number of benzene rings is 4. The Kier molecular flexibility index (Phi) is 4.99. The number of hydrogen-bond donors (Lipinski definition) is 0. The molecular weight excluding hydrogens is 480 g/mol. The lowest BCUT2D eigenvalue weighted by Crippen LogP contribution is -2.30. The molecule has 182 valence electrons. The molecule has 0 N–H and O–H groups in total. The van der Waals surface area contributed by atoms with Gasteiger partial charge in [0.25, 0.3) is 0 Å². The van der Waals surface area contributed by atoms with Crippen molar-refractivity contribution in [1.82, 2.24) is 4.98 Å². The van der Waals surface area contributed by atoms with Crippen LogP contribution in [0, 0.1) is 0 Å². The van der Waals surface area contributed by atoms with Crippen molar-refractivity contribution in [2.45, 2.75) is 24.8 Å². The van der Waals surface area contributed by atoms with Crippen LogP contribution in [-0.4, -0.2) is 11.0 Å². The number of thiophene rings is 1. The Morgan fingerprint density at radius 2 is 1.47 bits per heavy atom. The number of rotatable bonds is 3. The van der Waals surface area contributed by atoms with Crippen molar-refractivity contribution in [3.05, 3.63) is 127 Å². The van der Waals surface area contributed by atoms with Crippen LogP contribution in [0.3, 0.4) is 0 Å². The third-order valence-corrected chi connectivity index (χ3v) is 9.31. The van der Waals surface area contributed by atoms with Gasteiger partial charge in [0, 0.05) is 27.0 Å². The van der Waals surface area contributed by atoms with Crippen molar-refractivity contribution < 1.29 is 0 Å². The summed E-state index contributed by atoms with van der Waals surface area (Å²) in [5, 5.41) is 2.69. The van der Waals surface area contributed by atoms with E-state index in [0.29, 0.717) is 5.92 Å². The summed E-state index contributed by atoms with van der Waals surface area (Å²) in [6.07, 6.45) is 7.09. The quantitative estimate of drug-likeness (QED) is 0.222. The Bertz CT molecular complexity index is 1780. The molecule has 0 spiro atoms. The second kappa shape index (κ2) is 8.68. The summed E-state index contributed by atoms with van der Waals surface area (Å²) in [5.74, 6) is 1.50. The molecule has 38 heavy (non-hydrogen) atoms. The van der Waals surface area contributed by atoms with Crippen molar-refractivity contribution in [3.63, 3.8) is 0 Å². The summed E-state index contributed by atoms with van der Waals surface area (Å²) in [5.41, 5.74) is 7.37. The maximum atomic E-state index is 5.36. The Labute approximate surface area is 226 Å². The number of aromatic nitrogens is 1. The number of fused-ring (bicyclic) bond motifs is 7. The lowest BCUT2D eigenvalue weighted by Gasteiger charge is -2.30. The van der Waals surface area contributed by atoms with Crippen molar-refractivity contribution in [1.29, 1.82) is 0 Å². The van der Waals surface area contributed by atoms with E-state index in [1.54, 1.807) is 0 Å². The molecule has 0 saturated heterocycles. The van der Waals surface area contributed by atoms with Gasteiger partial charge in [0.05, 0.1) is 22.1 Å². The summed E-state index contributed by atoms with van der Waals surface area (Å²) in [4.78, 5) is 7.91. The molecule has 4 aromatic carbocycles. The summed E-state index contributed by atoms with van der Waals surface area (Å²) in [6.45, 7) is 0. The molecule has 2 atom stereocenters. The molecule has 3 heteroatoms. The molecule has 0 saturated carbocycles. The minimum atomic E-state index is 0.275. The molecule has 2 aliphatic rings. The minimum absolute atomic E-state index is 0.275. The van der Waals surface area contributed by atoms with Gasteiger partial charge < -0.3 is 4.90 Å². The second-order valence-corrected chi connectivity index (χ2v) is 11.3. The number of nitrogens with zero attached hydrogens (tertiary/aromatic N) is 2. The van der Waals surface area contributed by atoms with Gasteiger partial charge >= 0.3 is 0 Å². The summed E-state index contributed by atoms with van der Waals surface area (Å²) in [6, 6.07) is 39.6. The monoisotopic (exact) mass is 506 g/mol. The average molecular weight is 507 g/mol. The zero-order valence-electron chi connectivity index (χ0n) is 20.9. The van der Waals surface area contributed by atoms with Crippen molar-refractivity contribution in [2.75, 3.05) is 4.90 Å². The fourth-order valence-corrected chi connectivity index (χ4v) is 7.62. The van der Waals surface area contributed by atoms with E-state index < -0.39 is 0 Å². The smallest absolute Gasteiger partial charge is 0.134 e. The van der Waals surface area contributed by atoms with Crippen LogP contribution in [0.4, 0.5) is 11.5 Å². The van der Waals surface area contributed by atoms with Crippen LogP contribution < -0.4 is 4.90 Å². The molecule has 0 bridgehead atoms. The van der Waals surface area contributed by atoms with Gasteiger partial charge in [0.15, 0.2) is 0 Å². The number of pyridine rings is 1. The fourth-order valence-electron chi connectivity index (χ4n) is 6.37. The average Bonchev–Trinajstić information content (AvgIpc) is 3.54. The van der Waals surface area contributed by atoms with Crippen LogP contribution in [0.1, 0.15) is 24.3 Å². The Morgan fingerprint density at radius 1 is 0.711 bits per heavy atom. The van der Waals surface area contributed by atoms with Gasteiger partial charge in [-0.3, -0.25) is 0 Å². The normalized spacial score (nSPS) is 18.2. The number of allylic oxidation sites excluding steroid dienone is 1. The Hall–Kier alpha value is -4.21. The van der Waals surface area contributed by atoms with E-state index in [1.165, 1.54) is 49.0 Å². The molecule has 1 aliphatic carbocycles. The largest absolute Gasteiger partial charge is 0.317 e. The maximum Gasteiger partial charge on any atom is 0.134 e. The molecule has 8 rings (SSSR count). The first-order valence-electron chi connectivity index (χ1n) is 13.4. The summed E-state index contributed by atoms with van der Waals surface area (Å²) < 4.78 is 2.72. The SMILES string of the molecule is C1=CC2C(CC1)c1ccc3c(sc4ccccc43)c1N2c1cc(-c2ccccc2)cc(-c2ccccc2)n1. The molecule has 2 aromatic heterocycles. The predicted octanol–water partition coefficient (Wildman–Crippen LogP) is 9.74. The zero-order chi connectivity index (χ0) is 25.1. The molecule has 0 amide bonds. The molecular formula is C35H26N2S. The Morgan fingerprint density at radius 3 is 2.32 bits per heavy atom. The van der Waals surface area contributed by atoms with Gasteiger partial charge in [-0.15, -0.1) is 11.3 Å². The first-order chi connectivity index (χ1) is 18.8.